The van der Waals surface area contributed by atoms with Crippen molar-refractivity contribution in [3.63, 3.8) is 0 Å². The lowest BCUT2D eigenvalue weighted by molar-refractivity contribution is -0.137. The second-order valence-corrected chi connectivity index (χ2v) is 3.88. The van der Waals surface area contributed by atoms with Gasteiger partial charge in [-0.2, -0.15) is 0 Å². The minimum absolute atomic E-state index is 0.287. The second-order valence-electron chi connectivity index (χ2n) is 3.88. The maximum Gasteiger partial charge on any atom is 0.332 e. The number of hydrogen-bond acceptors (Lipinski definition) is 3. The van der Waals surface area contributed by atoms with Crippen molar-refractivity contribution in [3.8, 4) is 0 Å². The fraction of sp³-hybridized carbons (Fsp3) is 0.357. The molecule has 0 amide bonds. The van der Waals surface area contributed by atoms with Crippen molar-refractivity contribution in [2.75, 3.05) is 13.7 Å². The van der Waals surface area contributed by atoms with Crippen LogP contribution in [0.25, 0.3) is 0 Å². The molecule has 1 aromatic carbocycles. The van der Waals surface area contributed by atoms with Gasteiger partial charge in [0.15, 0.2) is 0 Å². The van der Waals surface area contributed by atoms with Crippen LogP contribution in [0.2, 0.25) is 0 Å². The third-order valence-electron chi connectivity index (χ3n) is 2.48. The number of allylic oxidation sites excluding steroid dienone is 1. The Morgan fingerprint density at radius 3 is 2.59 bits per heavy atom. The van der Waals surface area contributed by atoms with E-state index < -0.39 is 0 Å². The SMILES string of the molecule is CCOC(=O)/C=C(\C)N(C)Cc1ccccc1. The van der Waals surface area contributed by atoms with E-state index in [1.807, 2.05) is 37.1 Å². The largest absolute Gasteiger partial charge is 0.463 e. The van der Waals surface area contributed by atoms with E-state index in [1.165, 1.54) is 11.6 Å². The molecular formula is C14H19NO2. The number of ether oxygens (including phenoxy) is 1. The van der Waals surface area contributed by atoms with E-state index in [0.717, 1.165) is 12.2 Å². The summed E-state index contributed by atoms with van der Waals surface area (Å²) in [4.78, 5) is 13.3. The maximum absolute atomic E-state index is 11.3. The summed E-state index contributed by atoms with van der Waals surface area (Å²) in [6, 6.07) is 10.1. The van der Waals surface area contributed by atoms with Crippen LogP contribution >= 0.6 is 0 Å². The standard InChI is InChI=1S/C14H19NO2/c1-4-17-14(16)10-12(2)15(3)11-13-8-6-5-7-9-13/h5-10H,4,11H2,1-3H3/b12-10+. The van der Waals surface area contributed by atoms with Gasteiger partial charge in [0, 0.05) is 25.4 Å². The van der Waals surface area contributed by atoms with Gasteiger partial charge in [0.2, 0.25) is 0 Å². The van der Waals surface area contributed by atoms with E-state index in [0.29, 0.717) is 6.61 Å². The number of carbonyl (C=O) groups excluding carboxylic acids is 1. The van der Waals surface area contributed by atoms with Crippen molar-refractivity contribution in [2.24, 2.45) is 0 Å². The summed E-state index contributed by atoms with van der Waals surface area (Å²) in [5.74, 6) is -0.287. The molecule has 0 bridgehead atoms. The Kier molecular flexibility index (Phi) is 5.27. The average Bonchev–Trinajstić information content (AvgIpc) is 2.30. The molecule has 1 rings (SSSR count). The van der Waals surface area contributed by atoms with E-state index in [2.05, 4.69) is 12.1 Å². The molecular weight excluding hydrogens is 214 g/mol. The molecule has 1 aromatic rings. The summed E-state index contributed by atoms with van der Waals surface area (Å²) in [7, 11) is 1.96. The first-order chi connectivity index (χ1) is 8.13. The molecule has 0 saturated carbocycles. The minimum atomic E-state index is -0.287. The van der Waals surface area contributed by atoms with Crippen molar-refractivity contribution in [1.29, 1.82) is 0 Å². The molecule has 0 aromatic heterocycles. The maximum atomic E-state index is 11.3. The van der Waals surface area contributed by atoms with Gasteiger partial charge in [-0.1, -0.05) is 30.3 Å². The van der Waals surface area contributed by atoms with Crippen molar-refractivity contribution in [3.05, 3.63) is 47.7 Å². The number of esters is 1. The lowest BCUT2D eigenvalue weighted by Gasteiger charge is -2.19. The van der Waals surface area contributed by atoms with Gasteiger partial charge < -0.3 is 9.64 Å². The molecule has 17 heavy (non-hydrogen) atoms. The van der Waals surface area contributed by atoms with Gasteiger partial charge in [-0.25, -0.2) is 4.79 Å². The molecule has 0 radical (unpaired) electrons. The molecule has 3 heteroatoms. The van der Waals surface area contributed by atoms with E-state index in [9.17, 15) is 4.79 Å². The molecule has 3 nitrogen and oxygen atoms in total. The normalized spacial score (nSPS) is 11.1. The lowest BCUT2D eigenvalue weighted by Crippen LogP contribution is -2.17. The molecule has 0 aliphatic heterocycles. The second kappa shape index (κ2) is 6.74. The Hall–Kier alpha value is -1.77. The van der Waals surface area contributed by atoms with Gasteiger partial charge in [-0.15, -0.1) is 0 Å². The summed E-state index contributed by atoms with van der Waals surface area (Å²) >= 11 is 0. The van der Waals surface area contributed by atoms with E-state index >= 15 is 0 Å². The Morgan fingerprint density at radius 2 is 2.00 bits per heavy atom. The lowest BCUT2D eigenvalue weighted by atomic mass is 10.2. The van der Waals surface area contributed by atoms with Crippen LogP contribution in [0.3, 0.4) is 0 Å². The first kappa shape index (κ1) is 13.3. The third-order valence-corrected chi connectivity index (χ3v) is 2.48. The minimum Gasteiger partial charge on any atom is -0.463 e. The topological polar surface area (TPSA) is 29.5 Å². The molecule has 0 spiro atoms. The monoisotopic (exact) mass is 233 g/mol. The summed E-state index contributed by atoms with van der Waals surface area (Å²) in [5, 5.41) is 0. The van der Waals surface area contributed by atoms with Crippen molar-refractivity contribution in [2.45, 2.75) is 20.4 Å². The van der Waals surface area contributed by atoms with E-state index in [4.69, 9.17) is 4.74 Å². The summed E-state index contributed by atoms with van der Waals surface area (Å²) < 4.78 is 4.87. The fourth-order valence-corrected chi connectivity index (χ4v) is 1.45. The van der Waals surface area contributed by atoms with Crippen molar-refractivity contribution >= 4 is 5.97 Å². The van der Waals surface area contributed by atoms with Crippen LogP contribution in [0.5, 0.6) is 0 Å². The molecule has 0 saturated heterocycles. The predicted octanol–water partition coefficient (Wildman–Crippen LogP) is 2.59. The van der Waals surface area contributed by atoms with Gasteiger partial charge in [0.25, 0.3) is 0 Å². The van der Waals surface area contributed by atoms with Crippen LogP contribution in [-0.2, 0) is 16.1 Å². The molecule has 0 N–H and O–H groups in total. The molecule has 92 valence electrons. The molecule has 0 aliphatic carbocycles. The third kappa shape index (κ3) is 4.72. The highest BCUT2D eigenvalue weighted by atomic mass is 16.5. The van der Waals surface area contributed by atoms with E-state index in [-0.39, 0.29) is 5.97 Å². The summed E-state index contributed by atoms with van der Waals surface area (Å²) in [6.45, 7) is 4.89. The number of carbonyl (C=O) groups is 1. The number of nitrogens with zero attached hydrogens (tertiary/aromatic N) is 1. The average molecular weight is 233 g/mol. The zero-order valence-electron chi connectivity index (χ0n) is 10.6. The van der Waals surface area contributed by atoms with Crippen molar-refractivity contribution in [1.82, 2.24) is 4.90 Å². The van der Waals surface area contributed by atoms with Gasteiger partial charge in [0.05, 0.1) is 6.61 Å². The molecule has 0 aliphatic rings. The Bertz CT molecular complexity index is 384. The Morgan fingerprint density at radius 1 is 1.35 bits per heavy atom. The van der Waals surface area contributed by atoms with Crippen LogP contribution < -0.4 is 0 Å². The Labute approximate surface area is 103 Å². The summed E-state index contributed by atoms with van der Waals surface area (Å²) in [6.07, 6.45) is 1.52. The van der Waals surface area contributed by atoms with Gasteiger partial charge in [-0.05, 0) is 19.4 Å². The van der Waals surface area contributed by atoms with Gasteiger partial charge >= 0.3 is 5.97 Å². The highest BCUT2D eigenvalue weighted by molar-refractivity contribution is 5.82. The predicted molar refractivity (Wildman–Crippen MR) is 68.3 cm³/mol. The number of rotatable bonds is 5. The highest BCUT2D eigenvalue weighted by Crippen LogP contribution is 2.08. The zero-order valence-corrected chi connectivity index (χ0v) is 10.6. The fourth-order valence-electron chi connectivity index (χ4n) is 1.45. The smallest absolute Gasteiger partial charge is 0.332 e. The van der Waals surface area contributed by atoms with Gasteiger partial charge in [0.1, 0.15) is 0 Å². The molecule has 0 unspecified atom stereocenters. The number of benzene rings is 1. The number of hydrogen-bond donors (Lipinski definition) is 0. The Balaban J connectivity index is 2.58. The molecule has 0 heterocycles. The van der Waals surface area contributed by atoms with Crippen LogP contribution in [0.15, 0.2) is 42.1 Å². The van der Waals surface area contributed by atoms with Crippen molar-refractivity contribution < 1.29 is 9.53 Å². The first-order valence-electron chi connectivity index (χ1n) is 5.73. The molecule has 0 fully saturated rings. The zero-order chi connectivity index (χ0) is 12.7. The van der Waals surface area contributed by atoms with E-state index in [1.54, 1.807) is 6.92 Å². The highest BCUT2D eigenvalue weighted by Gasteiger charge is 2.03. The quantitative estimate of drug-likeness (QED) is 0.578. The van der Waals surface area contributed by atoms with Crippen LogP contribution in [0.1, 0.15) is 19.4 Å². The summed E-state index contributed by atoms with van der Waals surface area (Å²) in [5.41, 5.74) is 2.11. The van der Waals surface area contributed by atoms with Gasteiger partial charge in [-0.3, -0.25) is 0 Å². The van der Waals surface area contributed by atoms with Crippen LogP contribution in [0.4, 0.5) is 0 Å². The van der Waals surface area contributed by atoms with Crippen LogP contribution in [0, 0.1) is 0 Å². The first-order valence-corrected chi connectivity index (χ1v) is 5.73. The molecule has 0 atom stereocenters. The van der Waals surface area contributed by atoms with Crippen LogP contribution in [-0.4, -0.2) is 24.5 Å².